The third-order valence-electron chi connectivity index (χ3n) is 3.57. The Hall–Kier alpha value is -1.43. The lowest BCUT2D eigenvalue weighted by Crippen LogP contribution is -2.50. The first-order chi connectivity index (χ1) is 9.40. The van der Waals surface area contributed by atoms with Crippen molar-refractivity contribution in [3.63, 3.8) is 0 Å². The number of amides is 1. The smallest absolute Gasteiger partial charge is 0.326 e. The number of likely N-dealkylation sites (tertiary alicyclic amines) is 1. The molecule has 1 aliphatic heterocycles. The van der Waals surface area contributed by atoms with E-state index in [-0.39, 0.29) is 11.5 Å². The summed E-state index contributed by atoms with van der Waals surface area (Å²) in [7, 11) is 0. The molecule has 1 N–H and O–H groups in total. The quantitative estimate of drug-likeness (QED) is 0.898. The molecule has 1 fully saturated rings. The molecule has 0 aliphatic carbocycles. The van der Waals surface area contributed by atoms with E-state index >= 15 is 0 Å². The van der Waals surface area contributed by atoms with Gasteiger partial charge in [0.05, 0.1) is 5.56 Å². The van der Waals surface area contributed by atoms with Gasteiger partial charge in [0.2, 0.25) is 0 Å². The van der Waals surface area contributed by atoms with E-state index in [4.69, 9.17) is 0 Å². The normalized spacial score (nSPS) is 22.6. The van der Waals surface area contributed by atoms with Crippen molar-refractivity contribution >= 4 is 27.8 Å². The Morgan fingerprint density at radius 1 is 1.45 bits per heavy atom. The van der Waals surface area contributed by atoms with Gasteiger partial charge in [-0.05, 0) is 37.0 Å². The molecule has 108 valence electrons. The van der Waals surface area contributed by atoms with Gasteiger partial charge in [0, 0.05) is 11.0 Å². The Morgan fingerprint density at radius 2 is 2.15 bits per heavy atom. The van der Waals surface area contributed by atoms with Gasteiger partial charge in [0.1, 0.15) is 11.9 Å². The number of carboxylic acids is 1. The van der Waals surface area contributed by atoms with Gasteiger partial charge in [-0.15, -0.1) is 0 Å². The van der Waals surface area contributed by atoms with Crippen LogP contribution in [0.4, 0.5) is 4.39 Å². The number of halogens is 2. The van der Waals surface area contributed by atoms with E-state index in [1.807, 2.05) is 6.92 Å². The number of hydrogen-bond donors (Lipinski definition) is 1. The van der Waals surface area contributed by atoms with E-state index in [9.17, 15) is 19.1 Å². The number of benzene rings is 1. The zero-order valence-electron chi connectivity index (χ0n) is 11.0. The average Bonchev–Trinajstić information content (AvgIpc) is 2.40. The number of carboxylic acid groups (broad SMARTS) is 1. The number of rotatable bonds is 2. The minimum atomic E-state index is -1.04. The molecule has 1 aromatic carbocycles. The summed E-state index contributed by atoms with van der Waals surface area (Å²) in [5.41, 5.74) is -0.0971. The van der Waals surface area contributed by atoms with Crippen LogP contribution in [0, 0.1) is 11.7 Å². The first kappa shape index (κ1) is 15.0. The Morgan fingerprint density at radius 3 is 2.80 bits per heavy atom. The van der Waals surface area contributed by atoms with Crippen molar-refractivity contribution in [3.8, 4) is 0 Å². The summed E-state index contributed by atoms with van der Waals surface area (Å²) >= 11 is 3.19. The summed E-state index contributed by atoms with van der Waals surface area (Å²) in [5.74, 6) is -2.00. The monoisotopic (exact) mass is 343 g/mol. The summed E-state index contributed by atoms with van der Waals surface area (Å²) in [4.78, 5) is 25.0. The molecule has 1 aliphatic rings. The zero-order chi connectivity index (χ0) is 14.9. The van der Waals surface area contributed by atoms with E-state index in [1.54, 1.807) is 0 Å². The minimum Gasteiger partial charge on any atom is -0.480 e. The highest BCUT2D eigenvalue weighted by molar-refractivity contribution is 9.10. The van der Waals surface area contributed by atoms with Crippen LogP contribution in [-0.4, -0.2) is 34.5 Å². The molecule has 1 saturated heterocycles. The maximum absolute atomic E-state index is 13.8. The van der Waals surface area contributed by atoms with Crippen LogP contribution in [0.15, 0.2) is 22.7 Å². The molecule has 1 amide bonds. The van der Waals surface area contributed by atoms with Gasteiger partial charge in [0.15, 0.2) is 0 Å². The predicted octanol–water partition coefficient (Wildman–Crippen LogP) is 2.91. The van der Waals surface area contributed by atoms with E-state index in [0.29, 0.717) is 17.4 Å². The van der Waals surface area contributed by atoms with Crippen LogP contribution in [0.3, 0.4) is 0 Å². The van der Waals surface area contributed by atoms with Crippen molar-refractivity contribution in [1.82, 2.24) is 4.90 Å². The van der Waals surface area contributed by atoms with Gasteiger partial charge < -0.3 is 10.0 Å². The van der Waals surface area contributed by atoms with Crippen molar-refractivity contribution in [2.24, 2.45) is 5.92 Å². The number of hydrogen-bond acceptors (Lipinski definition) is 2. The molecule has 0 bridgehead atoms. The maximum atomic E-state index is 13.8. The second-order valence-electron chi connectivity index (χ2n) is 5.11. The molecule has 0 radical (unpaired) electrons. The summed E-state index contributed by atoms with van der Waals surface area (Å²) in [6, 6.07) is 3.19. The number of carbonyl (C=O) groups excluding carboxylic acids is 1. The fourth-order valence-electron chi connectivity index (χ4n) is 2.43. The number of piperidine rings is 1. The van der Waals surface area contributed by atoms with E-state index < -0.39 is 23.7 Å². The largest absolute Gasteiger partial charge is 0.480 e. The number of carbonyl (C=O) groups is 2. The topological polar surface area (TPSA) is 57.6 Å². The Kier molecular flexibility index (Phi) is 4.42. The van der Waals surface area contributed by atoms with Gasteiger partial charge in [0.25, 0.3) is 5.91 Å². The van der Waals surface area contributed by atoms with Crippen LogP contribution in [0.5, 0.6) is 0 Å². The highest BCUT2D eigenvalue weighted by atomic mass is 79.9. The summed E-state index contributed by atoms with van der Waals surface area (Å²) in [5, 5.41) is 9.25. The maximum Gasteiger partial charge on any atom is 0.326 e. The number of aliphatic carboxylic acids is 1. The molecular weight excluding hydrogens is 329 g/mol. The zero-order valence-corrected chi connectivity index (χ0v) is 12.6. The first-order valence-corrected chi connectivity index (χ1v) is 7.18. The van der Waals surface area contributed by atoms with Gasteiger partial charge in [-0.25, -0.2) is 9.18 Å². The second-order valence-corrected chi connectivity index (χ2v) is 6.02. The molecule has 4 nitrogen and oxygen atoms in total. The Labute approximate surface area is 124 Å². The third-order valence-corrected chi connectivity index (χ3v) is 4.06. The lowest BCUT2D eigenvalue weighted by molar-refractivity contribution is -0.144. The van der Waals surface area contributed by atoms with Crippen LogP contribution in [-0.2, 0) is 4.79 Å². The molecule has 20 heavy (non-hydrogen) atoms. The van der Waals surface area contributed by atoms with Gasteiger partial charge in [-0.1, -0.05) is 22.9 Å². The van der Waals surface area contributed by atoms with Crippen LogP contribution in [0.2, 0.25) is 0 Å². The number of nitrogens with zero attached hydrogens (tertiary/aromatic N) is 1. The first-order valence-electron chi connectivity index (χ1n) is 6.39. The Balaban J connectivity index is 2.31. The van der Waals surface area contributed by atoms with Crippen molar-refractivity contribution in [3.05, 3.63) is 34.1 Å². The third kappa shape index (κ3) is 3.00. The van der Waals surface area contributed by atoms with Crippen molar-refractivity contribution in [2.45, 2.75) is 25.8 Å². The lowest BCUT2D eigenvalue weighted by Gasteiger charge is -2.36. The average molecular weight is 344 g/mol. The van der Waals surface area contributed by atoms with Crippen LogP contribution in [0.25, 0.3) is 0 Å². The molecule has 6 heteroatoms. The minimum absolute atomic E-state index is 0.0971. The molecule has 0 aromatic heterocycles. The van der Waals surface area contributed by atoms with E-state index in [2.05, 4.69) is 15.9 Å². The summed E-state index contributed by atoms with van der Waals surface area (Å²) < 4.78 is 14.3. The van der Waals surface area contributed by atoms with Crippen LogP contribution < -0.4 is 0 Å². The molecule has 2 atom stereocenters. The van der Waals surface area contributed by atoms with E-state index in [0.717, 1.165) is 6.42 Å². The van der Waals surface area contributed by atoms with Crippen molar-refractivity contribution in [1.29, 1.82) is 0 Å². The highest BCUT2D eigenvalue weighted by Crippen LogP contribution is 2.26. The molecule has 0 spiro atoms. The summed E-state index contributed by atoms with van der Waals surface area (Å²) in [6.07, 6.45) is 1.13. The fraction of sp³-hybridized carbons (Fsp3) is 0.429. The highest BCUT2D eigenvalue weighted by Gasteiger charge is 2.35. The lowest BCUT2D eigenvalue weighted by atomic mass is 9.92. The standard InChI is InChI=1S/C14H15BrFNO3/c1-8-4-5-17(12(6-8)14(19)20)13(18)10-7-9(15)2-3-11(10)16/h2-3,7-8,12H,4-6H2,1H3,(H,19,20). The van der Waals surface area contributed by atoms with E-state index in [1.165, 1.54) is 23.1 Å². The molecular formula is C14H15BrFNO3. The van der Waals surface area contributed by atoms with Crippen LogP contribution >= 0.6 is 15.9 Å². The van der Waals surface area contributed by atoms with Gasteiger partial charge in [-0.3, -0.25) is 4.79 Å². The van der Waals surface area contributed by atoms with Crippen molar-refractivity contribution < 1.29 is 19.1 Å². The molecule has 1 aromatic rings. The van der Waals surface area contributed by atoms with Gasteiger partial charge in [-0.2, -0.15) is 0 Å². The summed E-state index contributed by atoms with van der Waals surface area (Å²) in [6.45, 7) is 2.29. The predicted molar refractivity (Wildman–Crippen MR) is 75.0 cm³/mol. The van der Waals surface area contributed by atoms with Gasteiger partial charge >= 0.3 is 5.97 Å². The van der Waals surface area contributed by atoms with Crippen molar-refractivity contribution in [2.75, 3.05) is 6.54 Å². The second kappa shape index (κ2) is 5.91. The molecule has 2 unspecified atom stereocenters. The molecule has 2 rings (SSSR count). The molecule has 1 heterocycles. The SMILES string of the molecule is CC1CCN(C(=O)c2cc(Br)ccc2F)C(C(=O)O)C1. The van der Waals surface area contributed by atoms with Crippen LogP contribution in [0.1, 0.15) is 30.1 Å². The molecule has 0 saturated carbocycles. The fourth-order valence-corrected chi connectivity index (χ4v) is 2.80. The Bertz CT molecular complexity index is 549.